The van der Waals surface area contributed by atoms with Gasteiger partial charge in [0.15, 0.2) is 0 Å². The molecule has 0 aromatic heterocycles. The van der Waals surface area contributed by atoms with Crippen molar-refractivity contribution >= 4 is 5.57 Å². The Morgan fingerprint density at radius 1 is 0.750 bits per heavy atom. The normalized spacial score (nSPS) is 28.2. The number of benzene rings is 2. The van der Waals surface area contributed by atoms with Crippen LogP contribution in [0.3, 0.4) is 0 Å². The molecule has 20 heavy (non-hydrogen) atoms. The SMILES string of the molecule is C1=C(c2ccccc2)C2CCC1C(c1ccccc1)C2. The summed E-state index contributed by atoms with van der Waals surface area (Å²) in [4.78, 5) is 0. The third kappa shape index (κ3) is 2.00. The summed E-state index contributed by atoms with van der Waals surface area (Å²) in [6.45, 7) is 0. The first-order valence-electron chi connectivity index (χ1n) is 7.74. The summed E-state index contributed by atoms with van der Waals surface area (Å²) < 4.78 is 0. The third-order valence-corrected chi connectivity index (χ3v) is 5.07. The zero-order valence-electron chi connectivity index (χ0n) is 11.7. The van der Waals surface area contributed by atoms with Crippen molar-refractivity contribution in [2.24, 2.45) is 11.8 Å². The number of hydrogen-bond acceptors (Lipinski definition) is 0. The van der Waals surface area contributed by atoms with E-state index in [9.17, 15) is 0 Å². The van der Waals surface area contributed by atoms with Crippen molar-refractivity contribution in [3.8, 4) is 0 Å². The summed E-state index contributed by atoms with van der Waals surface area (Å²) in [5.74, 6) is 2.23. The van der Waals surface area contributed by atoms with Crippen molar-refractivity contribution in [1.29, 1.82) is 0 Å². The van der Waals surface area contributed by atoms with Crippen LogP contribution in [0.2, 0.25) is 0 Å². The molecule has 3 atom stereocenters. The van der Waals surface area contributed by atoms with Crippen LogP contribution in [-0.4, -0.2) is 0 Å². The fourth-order valence-electron chi connectivity index (χ4n) is 4.09. The van der Waals surface area contributed by atoms with E-state index < -0.39 is 0 Å². The molecule has 0 N–H and O–H groups in total. The summed E-state index contributed by atoms with van der Waals surface area (Å²) in [5.41, 5.74) is 4.58. The molecule has 100 valence electrons. The lowest BCUT2D eigenvalue weighted by Crippen LogP contribution is -2.28. The molecular weight excluding hydrogens is 240 g/mol. The summed E-state index contributed by atoms with van der Waals surface area (Å²) in [6.07, 6.45) is 6.63. The van der Waals surface area contributed by atoms with Crippen LogP contribution in [0.1, 0.15) is 36.3 Å². The molecule has 0 aliphatic heterocycles. The fraction of sp³-hybridized carbons (Fsp3) is 0.300. The Hall–Kier alpha value is -1.82. The maximum absolute atomic E-state index is 2.57. The Balaban J connectivity index is 1.68. The standard InChI is InChI=1S/C20H20/c1-3-7-15(8-4-1)19-13-18-12-11-17(19)14-20(18)16-9-5-2-6-10-16/h1-10,13,17-18,20H,11-12,14H2. The van der Waals surface area contributed by atoms with Gasteiger partial charge in [-0.1, -0.05) is 66.7 Å². The van der Waals surface area contributed by atoms with Crippen LogP contribution >= 0.6 is 0 Å². The quantitative estimate of drug-likeness (QED) is 0.688. The largest absolute Gasteiger partial charge is 0.0767 e. The molecule has 1 saturated carbocycles. The van der Waals surface area contributed by atoms with Crippen molar-refractivity contribution in [3.63, 3.8) is 0 Å². The van der Waals surface area contributed by atoms with Gasteiger partial charge in [-0.3, -0.25) is 0 Å². The minimum absolute atomic E-state index is 0.734. The van der Waals surface area contributed by atoms with Crippen molar-refractivity contribution in [1.82, 2.24) is 0 Å². The Labute approximate surface area is 121 Å². The van der Waals surface area contributed by atoms with Gasteiger partial charge in [0, 0.05) is 0 Å². The van der Waals surface area contributed by atoms with E-state index in [1.54, 1.807) is 5.57 Å². The average Bonchev–Trinajstić information content (AvgIpc) is 2.57. The highest BCUT2D eigenvalue weighted by Crippen LogP contribution is 2.51. The van der Waals surface area contributed by atoms with Crippen LogP contribution in [0.15, 0.2) is 66.7 Å². The van der Waals surface area contributed by atoms with Crippen LogP contribution in [0, 0.1) is 11.8 Å². The second-order valence-electron chi connectivity index (χ2n) is 6.18. The lowest BCUT2D eigenvalue weighted by Gasteiger charge is -2.42. The van der Waals surface area contributed by atoms with Crippen molar-refractivity contribution < 1.29 is 0 Å². The van der Waals surface area contributed by atoms with Gasteiger partial charge in [-0.05, 0) is 53.7 Å². The fourth-order valence-corrected chi connectivity index (χ4v) is 4.09. The highest BCUT2D eigenvalue weighted by atomic mass is 14.4. The van der Waals surface area contributed by atoms with Gasteiger partial charge in [0.25, 0.3) is 0 Å². The Kier molecular flexibility index (Phi) is 2.95. The first kappa shape index (κ1) is 12.0. The van der Waals surface area contributed by atoms with Gasteiger partial charge in [-0.2, -0.15) is 0 Å². The first-order chi connectivity index (χ1) is 9.92. The summed E-state index contributed by atoms with van der Waals surface area (Å²) >= 11 is 0. The molecule has 0 amide bonds. The van der Waals surface area contributed by atoms with Gasteiger partial charge < -0.3 is 0 Å². The third-order valence-electron chi connectivity index (χ3n) is 5.07. The van der Waals surface area contributed by atoms with Gasteiger partial charge in [-0.25, -0.2) is 0 Å². The highest BCUT2D eigenvalue weighted by Gasteiger charge is 2.37. The molecule has 3 unspecified atom stereocenters. The van der Waals surface area contributed by atoms with Crippen molar-refractivity contribution in [3.05, 3.63) is 77.9 Å². The van der Waals surface area contributed by atoms with Crippen molar-refractivity contribution in [2.75, 3.05) is 0 Å². The second kappa shape index (κ2) is 4.94. The number of fused-ring (bicyclic) bond motifs is 2. The maximum Gasteiger partial charge on any atom is -0.00930 e. The minimum Gasteiger partial charge on any atom is -0.0767 e. The molecule has 0 spiro atoms. The minimum atomic E-state index is 0.734. The predicted octanol–water partition coefficient (Wildman–Crippen LogP) is 5.28. The van der Waals surface area contributed by atoms with E-state index in [1.807, 2.05) is 0 Å². The van der Waals surface area contributed by atoms with Gasteiger partial charge in [0.05, 0.1) is 0 Å². The number of hydrogen-bond donors (Lipinski definition) is 0. The summed E-state index contributed by atoms with van der Waals surface area (Å²) in [7, 11) is 0. The average molecular weight is 260 g/mol. The van der Waals surface area contributed by atoms with E-state index >= 15 is 0 Å². The Morgan fingerprint density at radius 2 is 1.45 bits per heavy atom. The van der Waals surface area contributed by atoms with Gasteiger partial charge in [-0.15, -0.1) is 0 Å². The van der Waals surface area contributed by atoms with E-state index in [0.717, 1.165) is 17.8 Å². The van der Waals surface area contributed by atoms with Gasteiger partial charge in [0.1, 0.15) is 0 Å². The molecule has 1 fully saturated rings. The van der Waals surface area contributed by atoms with Crippen LogP contribution in [0.4, 0.5) is 0 Å². The molecule has 2 bridgehead atoms. The van der Waals surface area contributed by atoms with Crippen LogP contribution in [-0.2, 0) is 0 Å². The zero-order chi connectivity index (χ0) is 13.4. The highest BCUT2D eigenvalue weighted by molar-refractivity contribution is 5.69. The van der Waals surface area contributed by atoms with Crippen LogP contribution in [0.5, 0.6) is 0 Å². The summed E-state index contributed by atoms with van der Waals surface area (Å²) in [5, 5.41) is 0. The predicted molar refractivity (Wildman–Crippen MR) is 84.4 cm³/mol. The Morgan fingerprint density at radius 3 is 2.10 bits per heavy atom. The number of rotatable bonds is 2. The molecule has 3 aliphatic carbocycles. The second-order valence-corrected chi connectivity index (χ2v) is 6.18. The topological polar surface area (TPSA) is 0 Å². The molecular formula is C20H20. The molecule has 2 aromatic rings. The molecule has 2 aromatic carbocycles. The smallest absolute Gasteiger partial charge is 0.00930 e. The molecule has 0 saturated heterocycles. The molecule has 0 nitrogen and oxygen atoms in total. The van der Waals surface area contributed by atoms with E-state index in [4.69, 9.17) is 0 Å². The van der Waals surface area contributed by atoms with Gasteiger partial charge in [0.2, 0.25) is 0 Å². The van der Waals surface area contributed by atoms with E-state index in [0.29, 0.717) is 0 Å². The molecule has 3 aliphatic rings. The molecule has 0 heterocycles. The summed E-state index contributed by atoms with van der Waals surface area (Å²) in [6, 6.07) is 22.1. The zero-order valence-corrected chi connectivity index (χ0v) is 11.7. The lowest BCUT2D eigenvalue weighted by molar-refractivity contribution is 0.294. The van der Waals surface area contributed by atoms with E-state index in [-0.39, 0.29) is 0 Å². The van der Waals surface area contributed by atoms with Crippen molar-refractivity contribution in [2.45, 2.75) is 25.2 Å². The van der Waals surface area contributed by atoms with Gasteiger partial charge >= 0.3 is 0 Å². The monoisotopic (exact) mass is 260 g/mol. The Bertz CT molecular complexity index is 609. The first-order valence-corrected chi connectivity index (χ1v) is 7.74. The molecule has 5 rings (SSSR count). The van der Waals surface area contributed by atoms with Crippen LogP contribution < -0.4 is 0 Å². The van der Waals surface area contributed by atoms with Crippen LogP contribution in [0.25, 0.3) is 5.57 Å². The van der Waals surface area contributed by atoms with E-state index in [1.165, 1.54) is 30.4 Å². The van der Waals surface area contributed by atoms with E-state index in [2.05, 4.69) is 66.7 Å². The number of allylic oxidation sites excluding steroid dienone is 2. The maximum atomic E-state index is 2.57. The molecule has 0 heteroatoms. The lowest BCUT2D eigenvalue weighted by atomic mass is 9.62. The molecule has 0 radical (unpaired) electrons.